The van der Waals surface area contributed by atoms with E-state index in [-0.39, 0.29) is 6.61 Å². The predicted octanol–water partition coefficient (Wildman–Crippen LogP) is 1.04. The summed E-state index contributed by atoms with van der Waals surface area (Å²) >= 11 is 6.55. The van der Waals surface area contributed by atoms with Gasteiger partial charge in [0.15, 0.2) is 18.4 Å². The minimum atomic E-state index is -0.936. The number of isothiocyanates is 1. The fraction of sp³-hybridized carbons (Fsp3) is 0.692. The number of nitrogens with zero attached hydrogens (tertiary/aromatic N) is 1. The molecule has 0 aromatic carbocycles. The van der Waals surface area contributed by atoms with E-state index < -0.39 is 46.4 Å². The Morgan fingerprint density at radius 2 is 1.70 bits per heavy atom. The Balaban J connectivity index is 3.09. The molecule has 0 aromatic heterocycles. The van der Waals surface area contributed by atoms with Gasteiger partial charge in [-0.2, -0.15) is 4.99 Å². The SMILES string of the molecule is CC(=O)OC[C@H]1O[C@H](N=C=S)[C@@H](I)[C@@H](OC(C)=O)[C@H]1OC(C)=O. The Labute approximate surface area is 152 Å². The van der Waals surface area contributed by atoms with E-state index in [1.807, 2.05) is 22.6 Å². The van der Waals surface area contributed by atoms with Crippen molar-refractivity contribution in [1.29, 1.82) is 0 Å². The molecule has 1 aliphatic rings. The lowest BCUT2D eigenvalue weighted by Crippen LogP contribution is -2.58. The summed E-state index contributed by atoms with van der Waals surface area (Å²) in [6, 6.07) is 0. The fourth-order valence-corrected chi connectivity index (χ4v) is 3.02. The quantitative estimate of drug-likeness (QED) is 0.151. The highest BCUT2D eigenvalue weighted by Gasteiger charge is 2.49. The Kier molecular flexibility index (Phi) is 8.03. The molecule has 0 aromatic rings. The normalized spacial score (nSPS) is 29.8. The molecule has 1 rings (SSSR count). The van der Waals surface area contributed by atoms with Crippen LogP contribution in [0.2, 0.25) is 0 Å². The zero-order valence-electron chi connectivity index (χ0n) is 12.7. The maximum atomic E-state index is 11.4. The number of ether oxygens (including phenoxy) is 4. The number of halogens is 1. The first-order valence-electron chi connectivity index (χ1n) is 6.60. The number of esters is 3. The standard InChI is InChI=1S/C13H16INO7S/c1-6(16)19-4-9-11(20-7(2)17)12(21-8(3)18)10(14)13(22-9)15-5-23/h9-13H,4H2,1-3H3/t9-,10+,11+,12-,13+/m1/s1. The van der Waals surface area contributed by atoms with E-state index in [2.05, 4.69) is 22.4 Å². The molecule has 23 heavy (non-hydrogen) atoms. The van der Waals surface area contributed by atoms with Crippen molar-refractivity contribution in [3.05, 3.63) is 0 Å². The molecule has 0 aliphatic carbocycles. The smallest absolute Gasteiger partial charge is 0.303 e. The highest BCUT2D eigenvalue weighted by molar-refractivity contribution is 14.1. The number of carbonyl (C=O) groups is 3. The highest BCUT2D eigenvalue weighted by Crippen LogP contribution is 2.32. The lowest BCUT2D eigenvalue weighted by atomic mass is 10.0. The van der Waals surface area contributed by atoms with Crippen LogP contribution in [0.25, 0.3) is 0 Å². The van der Waals surface area contributed by atoms with Crippen LogP contribution in [0.4, 0.5) is 0 Å². The summed E-state index contributed by atoms with van der Waals surface area (Å²) in [6.07, 6.45) is -3.39. The number of thiocarbonyl (C=S) groups is 1. The zero-order chi connectivity index (χ0) is 17.6. The lowest BCUT2D eigenvalue weighted by molar-refractivity contribution is -0.209. The molecule has 1 aliphatic heterocycles. The van der Waals surface area contributed by atoms with Crippen molar-refractivity contribution in [3.8, 4) is 0 Å². The van der Waals surface area contributed by atoms with E-state index in [4.69, 9.17) is 18.9 Å². The number of hydrogen-bond acceptors (Lipinski definition) is 9. The van der Waals surface area contributed by atoms with Crippen molar-refractivity contribution in [2.75, 3.05) is 6.61 Å². The molecule has 1 heterocycles. The summed E-state index contributed by atoms with van der Waals surface area (Å²) in [5, 5.41) is 2.21. The first-order valence-corrected chi connectivity index (χ1v) is 8.26. The Hall–Kier alpha value is -1.10. The molecule has 0 unspecified atom stereocenters. The van der Waals surface area contributed by atoms with Gasteiger partial charge in [0.25, 0.3) is 0 Å². The van der Waals surface area contributed by atoms with Gasteiger partial charge in [-0.3, -0.25) is 14.4 Å². The van der Waals surface area contributed by atoms with Crippen LogP contribution < -0.4 is 0 Å². The molecule has 0 radical (unpaired) electrons. The molecule has 1 fully saturated rings. The summed E-state index contributed by atoms with van der Waals surface area (Å²) in [5.74, 6) is -1.65. The maximum absolute atomic E-state index is 11.4. The number of carbonyl (C=O) groups excluding carboxylic acids is 3. The number of aliphatic imine (C=N–C) groups is 1. The summed E-state index contributed by atoms with van der Waals surface area (Å²) in [4.78, 5) is 37.6. The minimum absolute atomic E-state index is 0.183. The van der Waals surface area contributed by atoms with Crippen molar-refractivity contribution < 1.29 is 33.3 Å². The minimum Gasteiger partial charge on any atom is -0.463 e. The van der Waals surface area contributed by atoms with E-state index >= 15 is 0 Å². The van der Waals surface area contributed by atoms with Crippen LogP contribution in [0, 0.1) is 0 Å². The van der Waals surface area contributed by atoms with E-state index in [1.165, 1.54) is 20.8 Å². The zero-order valence-corrected chi connectivity index (χ0v) is 15.7. The molecule has 128 valence electrons. The first kappa shape index (κ1) is 19.9. The van der Waals surface area contributed by atoms with Crippen LogP contribution in [-0.2, 0) is 33.3 Å². The van der Waals surface area contributed by atoms with Crippen LogP contribution in [-0.4, -0.2) is 58.1 Å². The van der Waals surface area contributed by atoms with Gasteiger partial charge >= 0.3 is 17.9 Å². The topological polar surface area (TPSA) is 100 Å². The molecule has 5 atom stereocenters. The summed E-state index contributed by atoms with van der Waals surface area (Å²) in [5.41, 5.74) is 0. The third-order valence-electron chi connectivity index (χ3n) is 2.83. The largest absolute Gasteiger partial charge is 0.463 e. The van der Waals surface area contributed by atoms with E-state index in [0.717, 1.165) is 0 Å². The monoisotopic (exact) mass is 457 g/mol. The molecule has 0 bridgehead atoms. The first-order chi connectivity index (χ1) is 10.8. The van der Waals surface area contributed by atoms with Gasteiger partial charge in [-0.25, -0.2) is 0 Å². The average molecular weight is 457 g/mol. The number of rotatable bonds is 5. The second-order valence-electron chi connectivity index (χ2n) is 4.68. The summed E-state index contributed by atoms with van der Waals surface area (Å²) in [7, 11) is 0. The van der Waals surface area contributed by atoms with Gasteiger partial charge in [0.1, 0.15) is 12.7 Å². The van der Waals surface area contributed by atoms with Gasteiger partial charge in [-0.05, 0) is 12.2 Å². The van der Waals surface area contributed by atoms with E-state index in [9.17, 15) is 14.4 Å². The molecule has 0 saturated carbocycles. The van der Waals surface area contributed by atoms with Crippen LogP contribution in [0.15, 0.2) is 4.99 Å². The van der Waals surface area contributed by atoms with Gasteiger partial charge in [-0.15, -0.1) is 0 Å². The van der Waals surface area contributed by atoms with Gasteiger partial charge < -0.3 is 18.9 Å². The Bertz CT molecular complexity index is 522. The van der Waals surface area contributed by atoms with Gasteiger partial charge in [0, 0.05) is 20.8 Å². The lowest BCUT2D eigenvalue weighted by Gasteiger charge is -2.41. The van der Waals surface area contributed by atoms with Gasteiger partial charge in [0.2, 0.25) is 0 Å². The van der Waals surface area contributed by atoms with Gasteiger partial charge in [0.05, 0.1) is 9.09 Å². The molecule has 8 nitrogen and oxygen atoms in total. The molecule has 10 heteroatoms. The van der Waals surface area contributed by atoms with Crippen molar-refractivity contribution in [1.82, 2.24) is 0 Å². The molecular formula is C13H16INO7S. The highest BCUT2D eigenvalue weighted by atomic mass is 127. The van der Waals surface area contributed by atoms with E-state index in [1.54, 1.807) is 0 Å². The number of alkyl halides is 1. The molecule has 0 amide bonds. The van der Waals surface area contributed by atoms with Crippen molar-refractivity contribution in [2.45, 2.75) is 49.2 Å². The maximum Gasteiger partial charge on any atom is 0.303 e. The van der Waals surface area contributed by atoms with Crippen LogP contribution in [0.5, 0.6) is 0 Å². The van der Waals surface area contributed by atoms with Crippen molar-refractivity contribution in [2.24, 2.45) is 4.99 Å². The predicted molar refractivity (Wildman–Crippen MR) is 89.2 cm³/mol. The molecule has 0 spiro atoms. The molecule has 1 saturated heterocycles. The van der Waals surface area contributed by atoms with Gasteiger partial charge in [-0.1, -0.05) is 22.6 Å². The van der Waals surface area contributed by atoms with Crippen LogP contribution in [0.1, 0.15) is 20.8 Å². The molecular weight excluding hydrogens is 441 g/mol. The Morgan fingerprint density at radius 1 is 1.13 bits per heavy atom. The van der Waals surface area contributed by atoms with Crippen LogP contribution in [0.3, 0.4) is 0 Å². The third kappa shape index (κ3) is 6.13. The fourth-order valence-electron chi connectivity index (χ4n) is 2.03. The second kappa shape index (κ2) is 9.26. The van der Waals surface area contributed by atoms with Crippen molar-refractivity contribution >= 4 is 57.9 Å². The Morgan fingerprint density at radius 3 is 2.17 bits per heavy atom. The van der Waals surface area contributed by atoms with Crippen LogP contribution >= 0.6 is 34.8 Å². The number of hydrogen-bond donors (Lipinski definition) is 0. The summed E-state index contributed by atoms with van der Waals surface area (Å²) in [6.45, 7) is 3.51. The molecule has 0 N–H and O–H groups in total. The van der Waals surface area contributed by atoms with E-state index in [0.29, 0.717) is 0 Å². The average Bonchev–Trinajstić information content (AvgIpc) is 2.43. The third-order valence-corrected chi connectivity index (χ3v) is 4.26. The van der Waals surface area contributed by atoms with Crippen molar-refractivity contribution in [3.63, 3.8) is 0 Å². The summed E-state index contributed by atoms with van der Waals surface area (Å²) < 4.78 is 20.6. The second-order valence-corrected chi connectivity index (χ2v) is 6.30.